The lowest BCUT2D eigenvalue weighted by atomic mass is 10.2. The molecule has 0 unspecified atom stereocenters. The van der Waals surface area contributed by atoms with Gasteiger partial charge in [0.2, 0.25) is 0 Å². The number of aliphatic hydroxyl groups excluding tert-OH is 1. The highest BCUT2D eigenvalue weighted by molar-refractivity contribution is 5.39. The maximum Gasteiger partial charge on any atom is 0.253 e. The molecule has 2 rings (SSSR count). The number of benzene rings is 1. The molecule has 21 heavy (non-hydrogen) atoms. The number of aliphatic hydroxyl groups is 1. The predicted molar refractivity (Wildman–Crippen MR) is 79.1 cm³/mol. The van der Waals surface area contributed by atoms with Gasteiger partial charge in [-0.1, -0.05) is 17.9 Å². The number of aryl methyl sites for hydroxylation is 1. The molecule has 108 valence electrons. The molecule has 0 atom stereocenters. The molecule has 1 heterocycles. The van der Waals surface area contributed by atoms with Gasteiger partial charge in [0, 0.05) is 17.3 Å². The van der Waals surface area contributed by atoms with Crippen LogP contribution in [0.25, 0.3) is 0 Å². The van der Waals surface area contributed by atoms with E-state index in [2.05, 4.69) is 16.8 Å². The van der Waals surface area contributed by atoms with Gasteiger partial charge in [0.1, 0.15) is 19.0 Å². The second-order valence-electron chi connectivity index (χ2n) is 4.40. The Balaban J connectivity index is 1.95. The molecular formula is C16H16N2O3. The number of aromatic nitrogens is 2. The van der Waals surface area contributed by atoms with Crippen LogP contribution < -0.4 is 10.3 Å². The molecule has 1 aromatic heterocycles. The van der Waals surface area contributed by atoms with E-state index in [9.17, 15) is 4.79 Å². The van der Waals surface area contributed by atoms with E-state index in [4.69, 9.17) is 9.84 Å². The molecule has 5 heteroatoms. The molecule has 0 bridgehead atoms. The molecule has 1 N–H and O–H groups in total. The van der Waals surface area contributed by atoms with Gasteiger partial charge in [-0.2, -0.15) is 0 Å². The second kappa shape index (κ2) is 7.27. The van der Waals surface area contributed by atoms with Gasteiger partial charge in [0.25, 0.3) is 5.56 Å². The lowest BCUT2D eigenvalue weighted by Gasteiger charge is -2.08. The highest BCUT2D eigenvalue weighted by Crippen LogP contribution is 2.12. The van der Waals surface area contributed by atoms with Gasteiger partial charge >= 0.3 is 0 Å². The Hall–Kier alpha value is -2.58. The molecule has 0 saturated heterocycles. The van der Waals surface area contributed by atoms with Crippen molar-refractivity contribution in [3.63, 3.8) is 0 Å². The maximum atomic E-state index is 11.7. The van der Waals surface area contributed by atoms with Crippen molar-refractivity contribution in [2.45, 2.75) is 13.5 Å². The number of nitrogens with zero attached hydrogens (tertiary/aromatic N) is 2. The van der Waals surface area contributed by atoms with Crippen molar-refractivity contribution in [3.8, 4) is 17.6 Å². The fourth-order valence-corrected chi connectivity index (χ4v) is 1.75. The van der Waals surface area contributed by atoms with Crippen LogP contribution in [0.2, 0.25) is 0 Å². The van der Waals surface area contributed by atoms with Crippen molar-refractivity contribution in [3.05, 3.63) is 58.3 Å². The summed E-state index contributed by atoms with van der Waals surface area (Å²) in [6.07, 6.45) is 1.52. The molecule has 0 aliphatic heterocycles. The average molecular weight is 284 g/mol. The molecule has 0 aliphatic carbocycles. The smallest absolute Gasteiger partial charge is 0.253 e. The molecule has 0 spiro atoms. The Morgan fingerprint density at radius 1 is 1.38 bits per heavy atom. The highest BCUT2D eigenvalue weighted by Gasteiger charge is 1.99. The van der Waals surface area contributed by atoms with Crippen LogP contribution >= 0.6 is 0 Å². The van der Waals surface area contributed by atoms with E-state index < -0.39 is 0 Å². The molecule has 1 aromatic carbocycles. The Bertz CT molecular complexity index is 726. The van der Waals surface area contributed by atoms with Crippen LogP contribution in [0.3, 0.4) is 0 Å². The first-order chi connectivity index (χ1) is 10.2. The molecule has 0 fully saturated rings. The minimum atomic E-state index is -0.172. The zero-order valence-corrected chi connectivity index (χ0v) is 11.7. The van der Waals surface area contributed by atoms with Crippen LogP contribution in [0, 0.1) is 18.8 Å². The van der Waals surface area contributed by atoms with Crippen LogP contribution in [-0.4, -0.2) is 27.9 Å². The van der Waals surface area contributed by atoms with Crippen LogP contribution in [-0.2, 0) is 6.54 Å². The standard InChI is InChI=1S/C16H16N2O3/c1-13-10-16(20)18(12-17-13)7-9-21-15-6-2-4-14(11-15)5-3-8-19/h2,4,6,10-12,19H,7-9H2,1H3. The van der Waals surface area contributed by atoms with Gasteiger partial charge in [0.05, 0.1) is 12.9 Å². The van der Waals surface area contributed by atoms with Gasteiger partial charge in [-0.25, -0.2) is 4.98 Å². The summed E-state index contributed by atoms with van der Waals surface area (Å²) < 4.78 is 7.10. The van der Waals surface area contributed by atoms with Crippen LogP contribution in [0.4, 0.5) is 0 Å². The molecule has 5 nitrogen and oxygen atoms in total. The van der Waals surface area contributed by atoms with Gasteiger partial charge < -0.3 is 9.84 Å². The van der Waals surface area contributed by atoms with E-state index in [1.54, 1.807) is 13.0 Å². The van der Waals surface area contributed by atoms with E-state index in [0.717, 1.165) is 5.56 Å². The highest BCUT2D eigenvalue weighted by atomic mass is 16.5. The molecule has 0 radical (unpaired) electrons. The van der Waals surface area contributed by atoms with E-state index in [1.807, 2.05) is 18.2 Å². The Morgan fingerprint density at radius 2 is 2.24 bits per heavy atom. The van der Waals surface area contributed by atoms with Crippen LogP contribution in [0.5, 0.6) is 5.75 Å². The minimum Gasteiger partial charge on any atom is -0.492 e. The summed E-state index contributed by atoms with van der Waals surface area (Å²) in [5, 5.41) is 8.67. The third-order valence-corrected chi connectivity index (χ3v) is 2.76. The quantitative estimate of drug-likeness (QED) is 0.850. The SMILES string of the molecule is Cc1cc(=O)n(CCOc2cccc(C#CCO)c2)cn1. The van der Waals surface area contributed by atoms with E-state index in [0.29, 0.717) is 24.6 Å². The summed E-state index contributed by atoms with van der Waals surface area (Å²) in [6.45, 7) is 2.40. The molecule has 2 aromatic rings. The van der Waals surface area contributed by atoms with Gasteiger partial charge in [-0.05, 0) is 25.1 Å². The topological polar surface area (TPSA) is 64.3 Å². The van der Waals surface area contributed by atoms with Crippen molar-refractivity contribution in [2.75, 3.05) is 13.2 Å². The Morgan fingerprint density at radius 3 is 3.00 bits per heavy atom. The van der Waals surface area contributed by atoms with Crippen molar-refractivity contribution in [1.82, 2.24) is 9.55 Å². The zero-order valence-electron chi connectivity index (χ0n) is 11.7. The maximum absolute atomic E-state index is 11.7. The van der Waals surface area contributed by atoms with Gasteiger partial charge in [0.15, 0.2) is 0 Å². The third kappa shape index (κ3) is 4.48. The summed E-state index contributed by atoms with van der Waals surface area (Å²) in [7, 11) is 0. The molecular weight excluding hydrogens is 268 g/mol. The summed E-state index contributed by atoms with van der Waals surface area (Å²) in [5.74, 6) is 6.07. The van der Waals surface area contributed by atoms with E-state index in [1.165, 1.54) is 17.0 Å². The lowest BCUT2D eigenvalue weighted by molar-refractivity contribution is 0.295. The average Bonchev–Trinajstić information content (AvgIpc) is 2.48. The Kier molecular flexibility index (Phi) is 5.13. The minimum absolute atomic E-state index is 0.0892. The van der Waals surface area contributed by atoms with E-state index in [-0.39, 0.29) is 12.2 Å². The third-order valence-electron chi connectivity index (χ3n) is 2.76. The lowest BCUT2D eigenvalue weighted by Crippen LogP contribution is -2.23. The fraction of sp³-hybridized carbons (Fsp3) is 0.250. The Labute approximate surface area is 122 Å². The summed E-state index contributed by atoms with van der Waals surface area (Å²) >= 11 is 0. The molecule has 0 amide bonds. The summed E-state index contributed by atoms with van der Waals surface area (Å²) in [6, 6.07) is 8.77. The summed E-state index contributed by atoms with van der Waals surface area (Å²) in [4.78, 5) is 15.8. The molecule has 0 aliphatic rings. The van der Waals surface area contributed by atoms with E-state index >= 15 is 0 Å². The van der Waals surface area contributed by atoms with Crippen molar-refractivity contribution in [1.29, 1.82) is 0 Å². The first-order valence-electron chi connectivity index (χ1n) is 6.55. The van der Waals surface area contributed by atoms with Gasteiger partial charge in [-0.3, -0.25) is 9.36 Å². The number of hydrogen-bond donors (Lipinski definition) is 1. The van der Waals surface area contributed by atoms with Crippen molar-refractivity contribution >= 4 is 0 Å². The van der Waals surface area contributed by atoms with Crippen molar-refractivity contribution < 1.29 is 9.84 Å². The zero-order chi connectivity index (χ0) is 15.1. The van der Waals surface area contributed by atoms with Crippen LogP contribution in [0.1, 0.15) is 11.3 Å². The predicted octanol–water partition coefficient (Wildman–Crippen LogP) is 0.975. The van der Waals surface area contributed by atoms with Gasteiger partial charge in [-0.15, -0.1) is 0 Å². The number of ether oxygens (including phenoxy) is 1. The van der Waals surface area contributed by atoms with Crippen molar-refractivity contribution in [2.24, 2.45) is 0 Å². The fourth-order valence-electron chi connectivity index (χ4n) is 1.75. The number of rotatable bonds is 4. The normalized spacial score (nSPS) is 9.81. The first-order valence-corrected chi connectivity index (χ1v) is 6.55. The largest absolute Gasteiger partial charge is 0.492 e. The monoisotopic (exact) mass is 284 g/mol. The first kappa shape index (κ1) is 14.8. The van der Waals surface area contributed by atoms with Crippen LogP contribution in [0.15, 0.2) is 41.5 Å². The summed E-state index contributed by atoms with van der Waals surface area (Å²) in [5.41, 5.74) is 1.39. The number of hydrogen-bond acceptors (Lipinski definition) is 4. The second-order valence-corrected chi connectivity index (χ2v) is 4.40. The molecule has 0 saturated carbocycles.